The van der Waals surface area contributed by atoms with Crippen LogP contribution in [0.25, 0.3) is 0 Å². The van der Waals surface area contributed by atoms with Gasteiger partial charge in [0, 0.05) is 0 Å². The largest absolute Gasteiger partial charge is 0.387 e. The average molecular weight is 200 g/mol. The molecule has 0 aliphatic heterocycles. The summed E-state index contributed by atoms with van der Waals surface area (Å²) < 4.78 is 0. The number of carbonyl (C=O) groups is 1. The number of aliphatic hydroxyl groups excluding tert-OH is 1. The van der Waals surface area contributed by atoms with Crippen molar-refractivity contribution in [1.29, 1.82) is 0 Å². The summed E-state index contributed by atoms with van der Waals surface area (Å²) in [4.78, 5) is 15.1. The van der Waals surface area contributed by atoms with Crippen molar-refractivity contribution in [2.75, 3.05) is 11.9 Å². The zero-order valence-corrected chi connectivity index (χ0v) is 8.44. The Hall–Kier alpha value is -0.940. The maximum atomic E-state index is 10.8. The van der Waals surface area contributed by atoms with Crippen LogP contribution in [0.5, 0.6) is 0 Å². The quantitative estimate of drug-likeness (QED) is 0.763. The number of rotatable bonds is 3. The number of nitrogens with zero attached hydrogens (tertiary/aromatic N) is 1. The lowest BCUT2D eigenvalue weighted by Crippen LogP contribution is -2.15. The average Bonchev–Trinajstić information content (AvgIpc) is 2.47. The number of aryl methyl sites for hydroxylation is 2. The summed E-state index contributed by atoms with van der Waals surface area (Å²) in [6.45, 7) is 3.36. The number of aliphatic hydroxyl groups is 1. The summed E-state index contributed by atoms with van der Waals surface area (Å²) in [5.74, 6) is -0.394. The van der Waals surface area contributed by atoms with E-state index in [9.17, 15) is 4.79 Å². The van der Waals surface area contributed by atoms with Crippen molar-refractivity contribution >= 4 is 22.2 Å². The molecule has 1 heterocycles. The molecular formula is C8H12N2O2S. The van der Waals surface area contributed by atoms with Gasteiger partial charge in [-0.15, -0.1) is 11.3 Å². The van der Waals surface area contributed by atoms with E-state index in [-0.39, 0.29) is 0 Å². The minimum Gasteiger partial charge on any atom is -0.387 e. The smallest absolute Gasteiger partial charge is 0.250 e. The van der Waals surface area contributed by atoms with E-state index in [4.69, 9.17) is 5.11 Å². The number of amides is 1. The van der Waals surface area contributed by atoms with E-state index in [1.54, 1.807) is 0 Å². The second-order valence-corrected chi connectivity index (χ2v) is 3.67. The first-order valence-electron chi connectivity index (χ1n) is 4.04. The molecule has 1 aromatic rings. The number of hydrogen-bond donors (Lipinski definition) is 2. The molecule has 0 saturated carbocycles. The molecule has 1 amide bonds. The second-order valence-electron chi connectivity index (χ2n) is 2.58. The number of aromatic nitrogens is 1. The van der Waals surface area contributed by atoms with E-state index in [0.717, 1.165) is 22.1 Å². The van der Waals surface area contributed by atoms with Crippen molar-refractivity contribution in [2.45, 2.75) is 20.3 Å². The molecule has 4 nitrogen and oxygen atoms in total. The zero-order valence-electron chi connectivity index (χ0n) is 7.63. The molecule has 0 fully saturated rings. The Labute approximate surface area is 80.6 Å². The summed E-state index contributed by atoms with van der Waals surface area (Å²) in [6.07, 6.45) is 0.862. The van der Waals surface area contributed by atoms with E-state index < -0.39 is 12.5 Å². The van der Waals surface area contributed by atoms with Gasteiger partial charge in [0.05, 0.1) is 10.7 Å². The number of thiazole rings is 1. The van der Waals surface area contributed by atoms with Gasteiger partial charge in [0.25, 0.3) is 5.91 Å². The molecule has 0 spiro atoms. The highest BCUT2D eigenvalue weighted by molar-refractivity contribution is 7.16. The van der Waals surface area contributed by atoms with Crippen LogP contribution >= 0.6 is 11.3 Å². The lowest BCUT2D eigenvalue weighted by molar-refractivity contribution is -0.118. The molecule has 1 rings (SSSR count). The monoisotopic (exact) mass is 200 g/mol. The molecule has 2 N–H and O–H groups in total. The van der Waals surface area contributed by atoms with Crippen LogP contribution in [0.1, 0.15) is 17.6 Å². The third kappa shape index (κ3) is 2.50. The first-order chi connectivity index (χ1) is 6.17. The Morgan fingerprint density at radius 1 is 1.69 bits per heavy atom. The van der Waals surface area contributed by atoms with E-state index >= 15 is 0 Å². The number of hydrogen-bond acceptors (Lipinski definition) is 4. The van der Waals surface area contributed by atoms with Crippen LogP contribution in [0.4, 0.5) is 5.00 Å². The van der Waals surface area contributed by atoms with Crippen molar-refractivity contribution in [1.82, 2.24) is 4.98 Å². The molecule has 0 atom stereocenters. The van der Waals surface area contributed by atoms with Gasteiger partial charge in [0.1, 0.15) is 11.6 Å². The highest BCUT2D eigenvalue weighted by Crippen LogP contribution is 2.23. The van der Waals surface area contributed by atoms with Crippen molar-refractivity contribution < 1.29 is 9.90 Å². The zero-order chi connectivity index (χ0) is 9.84. The SMILES string of the molecule is CCc1nc(C)c(NC(=O)CO)s1. The molecule has 0 aromatic carbocycles. The third-order valence-corrected chi connectivity index (χ3v) is 2.76. The Morgan fingerprint density at radius 2 is 2.38 bits per heavy atom. The maximum Gasteiger partial charge on any atom is 0.250 e. The van der Waals surface area contributed by atoms with Crippen LogP contribution < -0.4 is 5.32 Å². The van der Waals surface area contributed by atoms with Crippen molar-refractivity contribution in [3.05, 3.63) is 10.7 Å². The fraction of sp³-hybridized carbons (Fsp3) is 0.500. The van der Waals surface area contributed by atoms with E-state index in [2.05, 4.69) is 10.3 Å². The fourth-order valence-corrected chi connectivity index (χ4v) is 1.81. The molecule has 0 aliphatic carbocycles. The molecule has 72 valence electrons. The van der Waals surface area contributed by atoms with Gasteiger partial charge in [-0.05, 0) is 13.3 Å². The highest BCUT2D eigenvalue weighted by atomic mass is 32.1. The molecular weight excluding hydrogens is 188 g/mol. The standard InChI is InChI=1S/C8H12N2O2S/c1-3-7-9-5(2)8(13-7)10-6(12)4-11/h11H,3-4H2,1-2H3,(H,10,12). The van der Waals surface area contributed by atoms with Crippen LogP contribution in [0.2, 0.25) is 0 Å². The molecule has 0 radical (unpaired) electrons. The summed E-state index contributed by atoms with van der Waals surface area (Å²) in [5, 5.41) is 12.8. The predicted octanol–water partition coefficient (Wildman–Crippen LogP) is 0.945. The summed E-state index contributed by atoms with van der Waals surface area (Å²) in [7, 11) is 0. The Morgan fingerprint density at radius 3 is 2.85 bits per heavy atom. The first-order valence-corrected chi connectivity index (χ1v) is 4.86. The Bertz CT molecular complexity index is 309. The maximum absolute atomic E-state index is 10.8. The van der Waals surface area contributed by atoms with E-state index in [0.29, 0.717) is 0 Å². The molecule has 0 saturated heterocycles. The summed E-state index contributed by atoms with van der Waals surface area (Å²) in [5.41, 5.74) is 0.809. The summed E-state index contributed by atoms with van der Waals surface area (Å²) >= 11 is 1.45. The Balaban J connectivity index is 2.76. The van der Waals surface area contributed by atoms with Crippen molar-refractivity contribution in [2.24, 2.45) is 0 Å². The normalized spacial score (nSPS) is 10.1. The molecule has 1 aromatic heterocycles. The second kappa shape index (κ2) is 4.34. The van der Waals surface area contributed by atoms with Gasteiger partial charge in [0.2, 0.25) is 0 Å². The van der Waals surface area contributed by atoms with Gasteiger partial charge in [-0.1, -0.05) is 6.92 Å². The van der Waals surface area contributed by atoms with E-state index in [1.165, 1.54) is 11.3 Å². The predicted molar refractivity (Wildman–Crippen MR) is 51.9 cm³/mol. The van der Waals surface area contributed by atoms with Gasteiger partial charge >= 0.3 is 0 Å². The van der Waals surface area contributed by atoms with Crippen molar-refractivity contribution in [3.63, 3.8) is 0 Å². The molecule has 0 aliphatic rings. The number of anilines is 1. The minimum atomic E-state index is -0.487. The highest BCUT2D eigenvalue weighted by Gasteiger charge is 2.08. The van der Waals surface area contributed by atoms with Crippen LogP contribution in [-0.2, 0) is 11.2 Å². The minimum absolute atomic E-state index is 0.394. The lowest BCUT2D eigenvalue weighted by atomic mass is 10.5. The molecule has 0 bridgehead atoms. The molecule has 13 heavy (non-hydrogen) atoms. The Kier molecular flexibility index (Phi) is 3.39. The number of carbonyl (C=O) groups excluding carboxylic acids is 1. The van der Waals surface area contributed by atoms with E-state index in [1.807, 2.05) is 13.8 Å². The van der Waals surface area contributed by atoms with Gasteiger partial charge < -0.3 is 10.4 Å². The molecule has 5 heteroatoms. The van der Waals surface area contributed by atoms with Crippen LogP contribution in [0.15, 0.2) is 0 Å². The third-order valence-electron chi connectivity index (χ3n) is 1.54. The van der Waals surface area contributed by atoms with Crippen LogP contribution in [0, 0.1) is 6.92 Å². The fourth-order valence-electron chi connectivity index (χ4n) is 0.886. The van der Waals surface area contributed by atoms with Gasteiger partial charge in [-0.2, -0.15) is 0 Å². The van der Waals surface area contributed by atoms with Crippen molar-refractivity contribution in [3.8, 4) is 0 Å². The molecule has 0 unspecified atom stereocenters. The van der Waals surface area contributed by atoms with Gasteiger partial charge in [0.15, 0.2) is 0 Å². The number of nitrogens with one attached hydrogen (secondary N) is 1. The topological polar surface area (TPSA) is 62.2 Å². The van der Waals surface area contributed by atoms with Crippen LogP contribution in [0.3, 0.4) is 0 Å². The van der Waals surface area contributed by atoms with Gasteiger partial charge in [-0.25, -0.2) is 4.98 Å². The lowest BCUT2D eigenvalue weighted by Gasteiger charge is -1.98. The first kappa shape index (κ1) is 10.1. The van der Waals surface area contributed by atoms with Crippen LogP contribution in [-0.4, -0.2) is 22.6 Å². The van der Waals surface area contributed by atoms with Gasteiger partial charge in [-0.3, -0.25) is 4.79 Å². The summed E-state index contributed by atoms with van der Waals surface area (Å²) in [6, 6.07) is 0.